The molecule has 0 radical (unpaired) electrons. The van der Waals surface area contributed by atoms with Gasteiger partial charge in [0.25, 0.3) is 0 Å². The Balaban J connectivity index is 1.56. The van der Waals surface area contributed by atoms with Gasteiger partial charge in [0, 0.05) is 32.1 Å². The standard InChI is InChI=1S/C21H30N2O3/c1-3-18-8-4-5-11-23(18)21(25)17-14-20(24)22(15-17)12-10-16-7-6-9-19(13-16)26-2/h6-7,9,13,17-18H,3-5,8,10-12,14-15H2,1-2H3. The molecule has 142 valence electrons. The number of benzene rings is 1. The van der Waals surface area contributed by atoms with Crippen molar-refractivity contribution in [3.8, 4) is 5.75 Å². The van der Waals surface area contributed by atoms with E-state index in [0.717, 1.165) is 43.5 Å². The van der Waals surface area contributed by atoms with Gasteiger partial charge in [0.1, 0.15) is 5.75 Å². The van der Waals surface area contributed by atoms with E-state index in [9.17, 15) is 9.59 Å². The van der Waals surface area contributed by atoms with E-state index in [0.29, 0.717) is 25.6 Å². The van der Waals surface area contributed by atoms with Crippen molar-refractivity contribution < 1.29 is 14.3 Å². The zero-order valence-corrected chi connectivity index (χ0v) is 15.9. The SMILES string of the molecule is CCC1CCCCN1C(=O)C1CC(=O)N(CCc2cccc(OC)c2)C1. The van der Waals surface area contributed by atoms with Crippen molar-refractivity contribution in [3.05, 3.63) is 29.8 Å². The largest absolute Gasteiger partial charge is 0.497 e. The lowest BCUT2D eigenvalue weighted by atomic mass is 9.97. The number of ether oxygens (including phenoxy) is 1. The minimum Gasteiger partial charge on any atom is -0.497 e. The molecule has 0 aromatic heterocycles. The van der Waals surface area contributed by atoms with Gasteiger partial charge in [0.15, 0.2) is 0 Å². The van der Waals surface area contributed by atoms with E-state index in [4.69, 9.17) is 4.74 Å². The molecular weight excluding hydrogens is 328 g/mol. The molecule has 1 aromatic carbocycles. The average molecular weight is 358 g/mol. The molecule has 0 aliphatic carbocycles. The predicted molar refractivity (Wildman–Crippen MR) is 101 cm³/mol. The van der Waals surface area contributed by atoms with Gasteiger partial charge in [-0.2, -0.15) is 0 Å². The number of carbonyl (C=O) groups excluding carboxylic acids is 2. The molecule has 0 spiro atoms. The molecule has 2 aliphatic rings. The summed E-state index contributed by atoms with van der Waals surface area (Å²) in [5, 5.41) is 0. The third kappa shape index (κ3) is 4.19. The van der Waals surface area contributed by atoms with E-state index in [2.05, 4.69) is 6.92 Å². The molecule has 26 heavy (non-hydrogen) atoms. The lowest BCUT2D eigenvalue weighted by Gasteiger charge is -2.36. The smallest absolute Gasteiger partial charge is 0.228 e. The van der Waals surface area contributed by atoms with E-state index in [1.807, 2.05) is 34.1 Å². The van der Waals surface area contributed by atoms with Gasteiger partial charge < -0.3 is 14.5 Å². The second kappa shape index (κ2) is 8.56. The van der Waals surface area contributed by atoms with E-state index in [1.54, 1.807) is 7.11 Å². The Morgan fingerprint density at radius 1 is 1.31 bits per heavy atom. The number of methoxy groups -OCH3 is 1. The predicted octanol–water partition coefficient (Wildman–Crippen LogP) is 2.88. The lowest BCUT2D eigenvalue weighted by molar-refractivity contribution is -0.139. The summed E-state index contributed by atoms with van der Waals surface area (Å²) in [5.41, 5.74) is 1.15. The fourth-order valence-corrected chi connectivity index (χ4v) is 4.20. The molecule has 2 aliphatic heterocycles. The highest BCUT2D eigenvalue weighted by Crippen LogP contribution is 2.26. The highest BCUT2D eigenvalue weighted by molar-refractivity contribution is 5.89. The number of amides is 2. The zero-order valence-electron chi connectivity index (χ0n) is 15.9. The molecule has 0 bridgehead atoms. The maximum Gasteiger partial charge on any atom is 0.228 e. The highest BCUT2D eigenvalue weighted by atomic mass is 16.5. The van der Waals surface area contributed by atoms with Gasteiger partial charge in [-0.25, -0.2) is 0 Å². The minimum absolute atomic E-state index is 0.108. The maximum absolute atomic E-state index is 12.9. The van der Waals surface area contributed by atoms with Crippen LogP contribution in [0.25, 0.3) is 0 Å². The third-order valence-corrected chi connectivity index (χ3v) is 5.75. The van der Waals surface area contributed by atoms with Gasteiger partial charge in [-0.1, -0.05) is 19.1 Å². The molecule has 2 atom stereocenters. The fourth-order valence-electron chi connectivity index (χ4n) is 4.20. The Morgan fingerprint density at radius 3 is 2.92 bits per heavy atom. The molecule has 5 heteroatoms. The van der Waals surface area contributed by atoms with Gasteiger partial charge in [-0.15, -0.1) is 0 Å². The van der Waals surface area contributed by atoms with Crippen LogP contribution in [0.5, 0.6) is 5.75 Å². The Morgan fingerprint density at radius 2 is 2.15 bits per heavy atom. The number of hydrogen-bond donors (Lipinski definition) is 0. The first-order valence-corrected chi connectivity index (χ1v) is 9.83. The Kier molecular flexibility index (Phi) is 6.17. The van der Waals surface area contributed by atoms with Crippen LogP contribution in [0.15, 0.2) is 24.3 Å². The zero-order chi connectivity index (χ0) is 18.5. The lowest BCUT2D eigenvalue weighted by Crippen LogP contribution is -2.46. The van der Waals surface area contributed by atoms with Crippen molar-refractivity contribution in [3.63, 3.8) is 0 Å². The van der Waals surface area contributed by atoms with Crippen molar-refractivity contribution in [2.45, 2.75) is 51.5 Å². The molecule has 1 aromatic rings. The summed E-state index contributed by atoms with van der Waals surface area (Å²) in [6.45, 7) is 4.23. The molecule has 5 nitrogen and oxygen atoms in total. The topological polar surface area (TPSA) is 49.9 Å². The number of likely N-dealkylation sites (tertiary alicyclic amines) is 2. The van der Waals surface area contributed by atoms with Crippen molar-refractivity contribution >= 4 is 11.8 Å². The second-order valence-electron chi connectivity index (χ2n) is 7.43. The minimum atomic E-state index is -0.167. The average Bonchev–Trinajstić information content (AvgIpc) is 3.06. The van der Waals surface area contributed by atoms with Crippen molar-refractivity contribution in [2.24, 2.45) is 5.92 Å². The summed E-state index contributed by atoms with van der Waals surface area (Å²) in [6.07, 6.45) is 5.55. The Labute approximate surface area is 156 Å². The van der Waals surface area contributed by atoms with Crippen LogP contribution in [0.1, 0.15) is 44.6 Å². The Bertz CT molecular complexity index is 646. The van der Waals surface area contributed by atoms with Crippen LogP contribution in [0.4, 0.5) is 0 Å². The van der Waals surface area contributed by atoms with E-state index < -0.39 is 0 Å². The first-order chi connectivity index (χ1) is 12.6. The molecule has 2 fully saturated rings. The molecule has 3 rings (SSSR count). The molecule has 2 unspecified atom stereocenters. The highest BCUT2D eigenvalue weighted by Gasteiger charge is 2.38. The molecule has 0 N–H and O–H groups in total. The normalized spacial score (nSPS) is 23.4. The number of hydrogen-bond acceptors (Lipinski definition) is 3. The van der Waals surface area contributed by atoms with E-state index >= 15 is 0 Å². The molecule has 2 amide bonds. The molecule has 2 saturated heterocycles. The van der Waals surface area contributed by atoms with Crippen LogP contribution >= 0.6 is 0 Å². The summed E-state index contributed by atoms with van der Waals surface area (Å²) >= 11 is 0. The van der Waals surface area contributed by atoms with Crippen molar-refractivity contribution in [1.82, 2.24) is 9.80 Å². The second-order valence-corrected chi connectivity index (χ2v) is 7.43. The van der Waals surface area contributed by atoms with Crippen LogP contribution in [0.3, 0.4) is 0 Å². The van der Waals surface area contributed by atoms with Gasteiger partial charge in [-0.3, -0.25) is 9.59 Å². The number of carbonyl (C=O) groups is 2. The summed E-state index contributed by atoms with van der Waals surface area (Å²) in [7, 11) is 1.66. The van der Waals surface area contributed by atoms with Gasteiger partial charge in [0.05, 0.1) is 13.0 Å². The summed E-state index contributed by atoms with van der Waals surface area (Å²) < 4.78 is 5.25. The maximum atomic E-state index is 12.9. The first-order valence-electron chi connectivity index (χ1n) is 9.83. The van der Waals surface area contributed by atoms with Gasteiger partial charge >= 0.3 is 0 Å². The van der Waals surface area contributed by atoms with Crippen LogP contribution in [0, 0.1) is 5.92 Å². The third-order valence-electron chi connectivity index (χ3n) is 5.75. The molecule has 2 heterocycles. The monoisotopic (exact) mass is 358 g/mol. The first kappa shape index (κ1) is 18.7. The fraction of sp³-hybridized carbons (Fsp3) is 0.619. The summed E-state index contributed by atoms with van der Waals surface area (Å²) in [5.74, 6) is 0.962. The van der Waals surface area contributed by atoms with Crippen molar-refractivity contribution in [2.75, 3.05) is 26.7 Å². The van der Waals surface area contributed by atoms with Crippen LogP contribution in [0.2, 0.25) is 0 Å². The number of rotatable bonds is 6. The van der Waals surface area contributed by atoms with Crippen LogP contribution < -0.4 is 4.74 Å². The Hall–Kier alpha value is -2.04. The van der Waals surface area contributed by atoms with E-state index in [1.165, 1.54) is 6.42 Å². The summed E-state index contributed by atoms with van der Waals surface area (Å²) in [4.78, 5) is 29.2. The summed E-state index contributed by atoms with van der Waals surface area (Å²) in [6, 6.07) is 8.29. The molecule has 0 saturated carbocycles. The van der Waals surface area contributed by atoms with Crippen molar-refractivity contribution in [1.29, 1.82) is 0 Å². The van der Waals surface area contributed by atoms with Crippen LogP contribution in [-0.4, -0.2) is 54.4 Å². The number of nitrogens with zero attached hydrogens (tertiary/aromatic N) is 2. The van der Waals surface area contributed by atoms with Crippen LogP contribution in [-0.2, 0) is 16.0 Å². The number of piperidine rings is 1. The quantitative estimate of drug-likeness (QED) is 0.786. The molecular formula is C21H30N2O3. The van der Waals surface area contributed by atoms with E-state index in [-0.39, 0.29) is 17.7 Å². The van der Waals surface area contributed by atoms with Gasteiger partial charge in [-0.05, 0) is 49.8 Å². The van der Waals surface area contributed by atoms with Gasteiger partial charge in [0.2, 0.25) is 11.8 Å².